The van der Waals surface area contributed by atoms with Crippen LogP contribution in [0.25, 0.3) is 11.0 Å². The first-order valence-electron chi connectivity index (χ1n) is 7.18. The number of aromatic nitrogens is 2. The van der Waals surface area contributed by atoms with Crippen molar-refractivity contribution < 1.29 is 9.13 Å². The minimum atomic E-state index is -0.238. The van der Waals surface area contributed by atoms with Crippen molar-refractivity contribution in [3.63, 3.8) is 0 Å². The molecule has 0 radical (unpaired) electrons. The summed E-state index contributed by atoms with van der Waals surface area (Å²) in [5, 5.41) is 0. The highest BCUT2D eigenvalue weighted by molar-refractivity contribution is 5.79. The highest BCUT2D eigenvalue weighted by atomic mass is 19.1. The van der Waals surface area contributed by atoms with E-state index in [0.29, 0.717) is 23.1 Å². The number of imidazole rings is 1. The van der Waals surface area contributed by atoms with E-state index in [0.717, 1.165) is 37.9 Å². The fourth-order valence-corrected chi connectivity index (χ4v) is 2.81. The molecule has 1 fully saturated rings. The van der Waals surface area contributed by atoms with Crippen LogP contribution in [0, 0.1) is 12.7 Å². The van der Waals surface area contributed by atoms with Crippen molar-refractivity contribution in [2.24, 2.45) is 0 Å². The monoisotopic (exact) mass is 277 g/mol. The number of rotatable bonds is 3. The fraction of sp³-hybridized carbons (Fsp3) is 0.533. The van der Waals surface area contributed by atoms with Crippen LogP contribution in [-0.4, -0.2) is 22.3 Å². The maximum absolute atomic E-state index is 13.6. The second-order valence-electron chi connectivity index (χ2n) is 5.49. The van der Waals surface area contributed by atoms with Gasteiger partial charge in [0.25, 0.3) is 0 Å². The normalized spacial score (nSPS) is 19.6. The summed E-state index contributed by atoms with van der Waals surface area (Å²) in [5.41, 5.74) is 8.10. The highest BCUT2D eigenvalue weighted by Crippen LogP contribution is 2.23. The number of nitrogens with zero attached hydrogens (tertiary/aromatic N) is 2. The molecule has 0 amide bonds. The van der Waals surface area contributed by atoms with Crippen LogP contribution in [-0.2, 0) is 11.3 Å². The first-order chi connectivity index (χ1) is 9.65. The Morgan fingerprint density at radius 3 is 3.05 bits per heavy atom. The van der Waals surface area contributed by atoms with Gasteiger partial charge in [-0.2, -0.15) is 0 Å². The lowest BCUT2D eigenvalue weighted by Gasteiger charge is -2.22. The smallest absolute Gasteiger partial charge is 0.201 e. The van der Waals surface area contributed by atoms with E-state index in [4.69, 9.17) is 10.5 Å². The summed E-state index contributed by atoms with van der Waals surface area (Å²) in [6.45, 7) is 3.37. The van der Waals surface area contributed by atoms with Gasteiger partial charge in [0, 0.05) is 19.2 Å². The van der Waals surface area contributed by atoms with Crippen LogP contribution in [0.15, 0.2) is 12.1 Å². The fourth-order valence-electron chi connectivity index (χ4n) is 2.81. The number of ether oxygens (including phenoxy) is 1. The molecule has 1 aliphatic rings. The van der Waals surface area contributed by atoms with Gasteiger partial charge in [0.15, 0.2) is 0 Å². The van der Waals surface area contributed by atoms with Crippen molar-refractivity contribution in [1.29, 1.82) is 0 Å². The van der Waals surface area contributed by atoms with Crippen LogP contribution in [0.3, 0.4) is 0 Å². The molecule has 1 aromatic heterocycles. The van der Waals surface area contributed by atoms with Crippen LogP contribution in [0.1, 0.15) is 31.2 Å². The van der Waals surface area contributed by atoms with Crippen LogP contribution in [0.2, 0.25) is 0 Å². The number of nitrogens with two attached hydrogens (primary N) is 1. The lowest BCUT2D eigenvalue weighted by atomic mass is 10.1. The predicted octanol–water partition coefficient (Wildman–Crippen LogP) is 3.03. The first kappa shape index (κ1) is 13.4. The summed E-state index contributed by atoms with van der Waals surface area (Å²) >= 11 is 0. The molecule has 20 heavy (non-hydrogen) atoms. The average molecular weight is 277 g/mol. The zero-order valence-electron chi connectivity index (χ0n) is 11.7. The van der Waals surface area contributed by atoms with Crippen molar-refractivity contribution in [2.45, 2.75) is 45.3 Å². The number of anilines is 1. The summed E-state index contributed by atoms with van der Waals surface area (Å²) in [4.78, 5) is 4.24. The Bertz CT molecular complexity index is 617. The number of hydrogen-bond donors (Lipinski definition) is 1. The largest absolute Gasteiger partial charge is 0.378 e. The van der Waals surface area contributed by atoms with Gasteiger partial charge in [-0.1, -0.05) is 0 Å². The minimum absolute atomic E-state index is 0.238. The minimum Gasteiger partial charge on any atom is -0.378 e. The number of aryl methyl sites for hydroxylation is 2. The molecule has 1 aliphatic heterocycles. The molecule has 1 unspecified atom stereocenters. The molecule has 5 heteroatoms. The lowest BCUT2D eigenvalue weighted by Crippen LogP contribution is -2.21. The molecular weight excluding hydrogens is 257 g/mol. The van der Waals surface area contributed by atoms with E-state index in [1.807, 2.05) is 10.6 Å². The zero-order chi connectivity index (χ0) is 14.1. The Morgan fingerprint density at radius 1 is 1.45 bits per heavy atom. The van der Waals surface area contributed by atoms with Gasteiger partial charge < -0.3 is 15.0 Å². The summed E-state index contributed by atoms with van der Waals surface area (Å²) < 4.78 is 21.3. The van der Waals surface area contributed by atoms with Crippen molar-refractivity contribution in [2.75, 3.05) is 12.3 Å². The molecular formula is C15H20FN3O. The van der Waals surface area contributed by atoms with Crippen LogP contribution in [0.4, 0.5) is 10.3 Å². The molecule has 0 saturated carbocycles. The van der Waals surface area contributed by atoms with Gasteiger partial charge in [-0.3, -0.25) is 0 Å². The molecule has 3 rings (SSSR count). The van der Waals surface area contributed by atoms with Gasteiger partial charge >= 0.3 is 0 Å². The Kier molecular flexibility index (Phi) is 3.61. The third kappa shape index (κ3) is 2.50. The second-order valence-corrected chi connectivity index (χ2v) is 5.49. The maximum Gasteiger partial charge on any atom is 0.201 e. The number of halogens is 1. The van der Waals surface area contributed by atoms with E-state index < -0.39 is 0 Å². The first-order valence-corrected chi connectivity index (χ1v) is 7.18. The van der Waals surface area contributed by atoms with Gasteiger partial charge in [0.05, 0.1) is 17.1 Å². The highest BCUT2D eigenvalue weighted by Gasteiger charge is 2.16. The number of benzene rings is 1. The molecule has 1 atom stereocenters. The number of fused-ring (bicyclic) bond motifs is 1. The quantitative estimate of drug-likeness (QED) is 0.938. The third-order valence-electron chi connectivity index (χ3n) is 4.01. The molecule has 2 aromatic rings. The van der Waals surface area contributed by atoms with Crippen molar-refractivity contribution in [3.8, 4) is 0 Å². The topological polar surface area (TPSA) is 53.1 Å². The Balaban J connectivity index is 1.83. The van der Waals surface area contributed by atoms with E-state index in [1.54, 1.807) is 6.92 Å². The lowest BCUT2D eigenvalue weighted by molar-refractivity contribution is 0.00906. The van der Waals surface area contributed by atoms with E-state index >= 15 is 0 Å². The van der Waals surface area contributed by atoms with E-state index in [9.17, 15) is 4.39 Å². The van der Waals surface area contributed by atoms with Crippen molar-refractivity contribution in [3.05, 3.63) is 23.5 Å². The molecule has 0 spiro atoms. The Morgan fingerprint density at radius 2 is 2.30 bits per heavy atom. The predicted molar refractivity (Wildman–Crippen MR) is 77.0 cm³/mol. The molecule has 0 bridgehead atoms. The van der Waals surface area contributed by atoms with Crippen LogP contribution >= 0.6 is 0 Å². The van der Waals surface area contributed by atoms with E-state index in [2.05, 4.69) is 4.98 Å². The second kappa shape index (κ2) is 5.40. The maximum atomic E-state index is 13.6. The van der Waals surface area contributed by atoms with Gasteiger partial charge in [-0.05, 0) is 44.2 Å². The van der Waals surface area contributed by atoms with Gasteiger partial charge in [-0.25, -0.2) is 9.37 Å². The van der Waals surface area contributed by atoms with Crippen molar-refractivity contribution >= 4 is 17.0 Å². The zero-order valence-corrected chi connectivity index (χ0v) is 11.7. The summed E-state index contributed by atoms with van der Waals surface area (Å²) in [5.74, 6) is 0.207. The molecule has 0 aliphatic carbocycles. The Labute approximate surface area is 117 Å². The molecule has 1 aromatic carbocycles. The van der Waals surface area contributed by atoms with Gasteiger partial charge in [0.2, 0.25) is 5.95 Å². The third-order valence-corrected chi connectivity index (χ3v) is 4.01. The summed E-state index contributed by atoms with van der Waals surface area (Å²) in [7, 11) is 0. The SMILES string of the molecule is Cc1cc2c(cc1F)nc(N)n2CCC1CCCCO1. The molecule has 2 N–H and O–H groups in total. The van der Waals surface area contributed by atoms with E-state index in [-0.39, 0.29) is 5.82 Å². The van der Waals surface area contributed by atoms with Crippen LogP contribution < -0.4 is 5.73 Å². The number of nitrogen functional groups attached to an aromatic ring is 1. The van der Waals surface area contributed by atoms with Gasteiger partial charge in [0.1, 0.15) is 5.82 Å². The van der Waals surface area contributed by atoms with Crippen molar-refractivity contribution in [1.82, 2.24) is 9.55 Å². The number of hydrogen-bond acceptors (Lipinski definition) is 3. The standard InChI is InChI=1S/C15H20FN3O/c1-10-8-14-13(9-12(10)16)18-15(17)19(14)6-5-11-4-2-3-7-20-11/h8-9,11H,2-7H2,1H3,(H2,17,18). The summed E-state index contributed by atoms with van der Waals surface area (Å²) in [6.07, 6.45) is 4.73. The van der Waals surface area contributed by atoms with Crippen LogP contribution in [0.5, 0.6) is 0 Å². The molecule has 108 valence electrons. The average Bonchev–Trinajstić information content (AvgIpc) is 2.73. The molecule has 2 heterocycles. The van der Waals surface area contributed by atoms with E-state index in [1.165, 1.54) is 12.5 Å². The van der Waals surface area contributed by atoms with Gasteiger partial charge in [-0.15, -0.1) is 0 Å². The Hall–Kier alpha value is -1.62. The molecule has 4 nitrogen and oxygen atoms in total. The summed E-state index contributed by atoms with van der Waals surface area (Å²) in [6, 6.07) is 3.27. The molecule has 1 saturated heterocycles.